The molecule has 0 amide bonds. The minimum Gasteiger partial charge on any atom is -0.463 e. The lowest BCUT2D eigenvalue weighted by atomic mass is 9.94. The Kier molecular flexibility index (Phi) is 3.26. The van der Waals surface area contributed by atoms with Crippen molar-refractivity contribution in [1.29, 1.82) is 0 Å². The lowest BCUT2D eigenvalue weighted by molar-refractivity contribution is 0.303. The summed E-state index contributed by atoms with van der Waals surface area (Å²) in [6.45, 7) is 2.34. The van der Waals surface area contributed by atoms with Crippen molar-refractivity contribution in [3.8, 4) is 0 Å². The topological polar surface area (TPSA) is 47.6 Å². The Morgan fingerprint density at radius 2 is 2.06 bits per heavy atom. The first kappa shape index (κ1) is 11.8. The van der Waals surface area contributed by atoms with E-state index < -0.39 is 11.6 Å². The maximum Gasteiger partial charge on any atom is 0.282 e. The normalized spacial score (nSPS) is 20.9. The monoisotopic (exact) mass is 240 g/mol. The van der Waals surface area contributed by atoms with Crippen LogP contribution in [0.3, 0.4) is 0 Å². The van der Waals surface area contributed by atoms with Crippen molar-refractivity contribution in [2.75, 3.05) is 6.61 Å². The number of amidine groups is 1. The first-order valence-electron chi connectivity index (χ1n) is 5.46. The van der Waals surface area contributed by atoms with Crippen LogP contribution in [-0.2, 0) is 4.74 Å². The number of aliphatic imine (C=N–C) groups is 1. The van der Waals surface area contributed by atoms with Crippen LogP contribution in [-0.4, -0.2) is 18.7 Å². The molecular formula is C12H14F2N2O. The van der Waals surface area contributed by atoms with Crippen LogP contribution in [0.15, 0.2) is 23.2 Å². The third-order valence-corrected chi connectivity index (χ3v) is 2.81. The SMILES string of the molecule is CC(C[C@H]1COC(N)=N1)c1cc(F)cc(F)c1. The van der Waals surface area contributed by atoms with Crippen molar-refractivity contribution in [2.45, 2.75) is 25.3 Å². The summed E-state index contributed by atoms with van der Waals surface area (Å²) in [4.78, 5) is 4.08. The standard InChI is InChI=1S/C12H14F2N2O/c1-7(2-11-6-17-12(15)16-11)8-3-9(13)5-10(14)4-8/h3-5,7,11H,2,6H2,1H3,(H2,15,16)/t7?,11-/m0/s1. The Hall–Kier alpha value is -1.65. The molecule has 2 rings (SSSR count). The minimum atomic E-state index is -0.558. The summed E-state index contributed by atoms with van der Waals surface area (Å²) in [6, 6.07) is 3.71. The predicted octanol–water partition coefficient (Wildman–Crippen LogP) is 2.17. The molecule has 2 atom stereocenters. The van der Waals surface area contributed by atoms with Gasteiger partial charge in [0.15, 0.2) is 0 Å². The summed E-state index contributed by atoms with van der Waals surface area (Å²) < 4.78 is 31.1. The summed E-state index contributed by atoms with van der Waals surface area (Å²) in [5, 5.41) is 0. The van der Waals surface area contributed by atoms with E-state index >= 15 is 0 Å². The third-order valence-electron chi connectivity index (χ3n) is 2.81. The molecule has 1 unspecified atom stereocenters. The van der Waals surface area contributed by atoms with Gasteiger partial charge >= 0.3 is 0 Å². The molecule has 17 heavy (non-hydrogen) atoms. The van der Waals surface area contributed by atoms with Crippen molar-refractivity contribution >= 4 is 6.02 Å². The van der Waals surface area contributed by atoms with E-state index in [1.54, 1.807) is 0 Å². The van der Waals surface area contributed by atoms with Gasteiger partial charge < -0.3 is 10.5 Å². The molecule has 0 spiro atoms. The van der Waals surface area contributed by atoms with E-state index in [1.807, 2.05) is 6.92 Å². The number of nitrogens with two attached hydrogens (primary N) is 1. The third kappa shape index (κ3) is 2.93. The van der Waals surface area contributed by atoms with Crippen LogP contribution >= 0.6 is 0 Å². The fraction of sp³-hybridized carbons (Fsp3) is 0.417. The molecule has 1 aromatic rings. The van der Waals surface area contributed by atoms with Crippen LogP contribution in [0.5, 0.6) is 0 Å². The van der Waals surface area contributed by atoms with Crippen LogP contribution in [0.2, 0.25) is 0 Å². The van der Waals surface area contributed by atoms with Crippen LogP contribution in [0, 0.1) is 11.6 Å². The van der Waals surface area contributed by atoms with Gasteiger partial charge in [0.05, 0.1) is 6.04 Å². The van der Waals surface area contributed by atoms with E-state index in [1.165, 1.54) is 12.1 Å². The van der Waals surface area contributed by atoms with Gasteiger partial charge in [-0.15, -0.1) is 0 Å². The fourth-order valence-corrected chi connectivity index (χ4v) is 1.96. The average molecular weight is 240 g/mol. The largest absolute Gasteiger partial charge is 0.463 e. The van der Waals surface area contributed by atoms with Crippen molar-refractivity contribution in [1.82, 2.24) is 0 Å². The Balaban J connectivity index is 2.06. The number of ether oxygens (including phenoxy) is 1. The van der Waals surface area contributed by atoms with Gasteiger partial charge in [0, 0.05) is 6.07 Å². The van der Waals surface area contributed by atoms with Crippen LogP contribution in [0.25, 0.3) is 0 Å². The van der Waals surface area contributed by atoms with Crippen molar-refractivity contribution in [3.63, 3.8) is 0 Å². The Morgan fingerprint density at radius 1 is 1.41 bits per heavy atom. The Bertz CT molecular complexity index is 428. The maximum absolute atomic E-state index is 13.1. The van der Waals surface area contributed by atoms with E-state index in [9.17, 15) is 8.78 Å². The summed E-state index contributed by atoms with van der Waals surface area (Å²) in [7, 11) is 0. The van der Waals surface area contributed by atoms with E-state index in [0.717, 1.165) is 6.07 Å². The molecule has 1 aliphatic rings. The fourth-order valence-electron chi connectivity index (χ4n) is 1.96. The van der Waals surface area contributed by atoms with Gasteiger partial charge in [-0.25, -0.2) is 13.8 Å². The highest BCUT2D eigenvalue weighted by molar-refractivity contribution is 5.73. The molecular weight excluding hydrogens is 226 g/mol. The average Bonchev–Trinajstić information content (AvgIpc) is 2.62. The second-order valence-corrected chi connectivity index (χ2v) is 4.27. The van der Waals surface area contributed by atoms with Gasteiger partial charge in [0.1, 0.15) is 18.2 Å². The summed E-state index contributed by atoms with van der Waals surface area (Å²) in [5.41, 5.74) is 6.02. The van der Waals surface area contributed by atoms with Gasteiger partial charge in [-0.2, -0.15) is 0 Å². The summed E-state index contributed by atoms with van der Waals surface area (Å²) >= 11 is 0. The zero-order chi connectivity index (χ0) is 12.4. The Morgan fingerprint density at radius 3 is 2.59 bits per heavy atom. The van der Waals surface area contributed by atoms with E-state index in [0.29, 0.717) is 18.6 Å². The first-order valence-corrected chi connectivity index (χ1v) is 5.46. The molecule has 1 aliphatic heterocycles. The Labute approximate surface area is 98.3 Å². The van der Waals surface area contributed by atoms with Gasteiger partial charge in [0.25, 0.3) is 6.02 Å². The lowest BCUT2D eigenvalue weighted by Crippen LogP contribution is -2.11. The molecule has 0 bridgehead atoms. The van der Waals surface area contributed by atoms with Crippen LogP contribution in [0.1, 0.15) is 24.8 Å². The number of benzene rings is 1. The quantitative estimate of drug-likeness (QED) is 0.880. The molecule has 5 heteroatoms. The summed E-state index contributed by atoms with van der Waals surface area (Å²) in [5.74, 6) is -1.11. The van der Waals surface area contributed by atoms with Gasteiger partial charge in [0.2, 0.25) is 0 Å². The van der Waals surface area contributed by atoms with E-state index in [2.05, 4.69) is 4.99 Å². The van der Waals surface area contributed by atoms with E-state index in [4.69, 9.17) is 10.5 Å². The molecule has 1 heterocycles. The van der Waals surface area contributed by atoms with Gasteiger partial charge in [-0.05, 0) is 30.0 Å². The molecule has 1 aromatic carbocycles. The number of hydrogen-bond acceptors (Lipinski definition) is 3. The zero-order valence-electron chi connectivity index (χ0n) is 9.49. The smallest absolute Gasteiger partial charge is 0.282 e. The van der Waals surface area contributed by atoms with Gasteiger partial charge in [-0.1, -0.05) is 6.92 Å². The van der Waals surface area contributed by atoms with Crippen LogP contribution < -0.4 is 5.73 Å². The van der Waals surface area contributed by atoms with Gasteiger partial charge in [-0.3, -0.25) is 0 Å². The molecule has 0 aliphatic carbocycles. The zero-order valence-corrected chi connectivity index (χ0v) is 9.49. The molecule has 0 fully saturated rings. The molecule has 3 nitrogen and oxygen atoms in total. The highest BCUT2D eigenvalue weighted by atomic mass is 19.1. The highest BCUT2D eigenvalue weighted by Crippen LogP contribution is 2.24. The lowest BCUT2D eigenvalue weighted by Gasteiger charge is -2.14. The van der Waals surface area contributed by atoms with Crippen LogP contribution in [0.4, 0.5) is 8.78 Å². The minimum absolute atomic E-state index is 0.00319. The maximum atomic E-state index is 13.1. The first-order chi connectivity index (χ1) is 8.04. The number of halogens is 2. The number of nitrogens with zero attached hydrogens (tertiary/aromatic N) is 1. The molecule has 2 N–H and O–H groups in total. The van der Waals surface area contributed by atoms with Crippen molar-refractivity contribution in [3.05, 3.63) is 35.4 Å². The predicted molar refractivity (Wildman–Crippen MR) is 60.8 cm³/mol. The van der Waals surface area contributed by atoms with E-state index in [-0.39, 0.29) is 18.0 Å². The molecule has 0 saturated carbocycles. The molecule has 0 aromatic heterocycles. The second-order valence-electron chi connectivity index (χ2n) is 4.27. The molecule has 92 valence electrons. The van der Waals surface area contributed by atoms with Crippen molar-refractivity contribution < 1.29 is 13.5 Å². The summed E-state index contributed by atoms with van der Waals surface area (Å²) in [6.07, 6.45) is 0.656. The second kappa shape index (κ2) is 4.69. The number of hydrogen-bond donors (Lipinski definition) is 1. The molecule has 0 saturated heterocycles. The molecule has 0 radical (unpaired) electrons. The number of rotatable bonds is 3. The van der Waals surface area contributed by atoms with Crippen molar-refractivity contribution in [2.24, 2.45) is 10.7 Å². The highest BCUT2D eigenvalue weighted by Gasteiger charge is 2.20.